The average molecular weight is 456 g/mol. The Labute approximate surface area is 199 Å². The first-order chi connectivity index (χ1) is 16.7. The maximum Gasteiger partial charge on any atom is 0.244 e. The van der Waals surface area contributed by atoms with Crippen molar-refractivity contribution in [2.24, 2.45) is 0 Å². The molecule has 0 unspecified atom stereocenters. The Morgan fingerprint density at radius 3 is 2.50 bits per heavy atom. The smallest absolute Gasteiger partial charge is 0.244 e. The Hall–Kier alpha value is -4.05. The number of aromatic nitrogens is 1. The number of nitrogens with zero attached hydrogens (tertiary/aromatic N) is 4. The quantitative estimate of drug-likeness (QED) is 0.528. The lowest BCUT2D eigenvalue weighted by Crippen LogP contribution is -2.49. The van der Waals surface area contributed by atoms with E-state index in [9.17, 15) is 9.59 Å². The van der Waals surface area contributed by atoms with E-state index in [4.69, 9.17) is 5.26 Å². The molecule has 0 saturated carbocycles. The van der Waals surface area contributed by atoms with Crippen LogP contribution in [0.4, 0.5) is 5.69 Å². The molecule has 1 aromatic heterocycles. The number of rotatable bonds is 8. The molecule has 2 amide bonds. The minimum atomic E-state index is -0.226. The Balaban J connectivity index is 1.24. The van der Waals surface area contributed by atoms with Gasteiger partial charge in [-0.15, -0.1) is 0 Å². The van der Waals surface area contributed by atoms with Gasteiger partial charge in [0.1, 0.15) is 0 Å². The summed E-state index contributed by atoms with van der Waals surface area (Å²) in [5, 5.41) is 12.7. The van der Waals surface area contributed by atoms with Crippen LogP contribution in [-0.2, 0) is 16.1 Å². The van der Waals surface area contributed by atoms with E-state index in [1.807, 2.05) is 58.1 Å². The summed E-state index contributed by atoms with van der Waals surface area (Å²) in [6.07, 6.45) is 5.96. The van der Waals surface area contributed by atoms with Crippen molar-refractivity contribution in [2.45, 2.75) is 19.4 Å². The van der Waals surface area contributed by atoms with Crippen LogP contribution < -0.4 is 10.2 Å². The van der Waals surface area contributed by atoms with Crippen molar-refractivity contribution in [3.63, 3.8) is 0 Å². The molecule has 0 bridgehead atoms. The van der Waals surface area contributed by atoms with Crippen LogP contribution in [0.2, 0.25) is 0 Å². The van der Waals surface area contributed by atoms with Crippen LogP contribution in [0.1, 0.15) is 18.4 Å². The number of nitrogens with one attached hydrogen (secondary N) is 1. The molecule has 3 aromatic rings. The molecule has 2 heterocycles. The van der Waals surface area contributed by atoms with Gasteiger partial charge in [-0.05, 0) is 24.3 Å². The van der Waals surface area contributed by atoms with Crippen LogP contribution in [-0.4, -0.2) is 54.0 Å². The third kappa shape index (κ3) is 5.65. The van der Waals surface area contributed by atoms with E-state index in [0.717, 1.165) is 29.6 Å². The number of anilines is 1. The number of aryl methyl sites for hydroxylation is 1. The first-order valence-electron chi connectivity index (χ1n) is 11.6. The molecule has 34 heavy (non-hydrogen) atoms. The zero-order chi connectivity index (χ0) is 23.8. The van der Waals surface area contributed by atoms with E-state index < -0.39 is 0 Å². The van der Waals surface area contributed by atoms with Crippen molar-refractivity contribution < 1.29 is 9.59 Å². The number of nitriles is 1. The van der Waals surface area contributed by atoms with E-state index >= 15 is 0 Å². The second-order valence-electron chi connectivity index (χ2n) is 8.28. The topological polar surface area (TPSA) is 81.4 Å². The van der Waals surface area contributed by atoms with Gasteiger partial charge in [-0.2, -0.15) is 5.26 Å². The largest absolute Gasteiger partial charge is 0.368 e. The SMILES string of the molecule is N#CCCn1cc(/C=C/C(=O)NCCC(=O)N2CCN(c3ccccc3)CC2)c2ccccc21. The average Bonchev–Trinajstić information content (AvgIpc) is 3.24. The molecule has 0 radical (unpaired) electrons. The van der Waals surface area contributed by atoms with Crippen LogP contribution in [0.25, 0.3) is 17.0 Å². The number of hydrogen-bond acceptors (Lipinski definition) is 4. The van der Waals surface area contributed by atoms with Gasteiger partial charge in [-0.1, -0.05) is 36.4 Å². The maximum absolute atomic E-state index is 12.6. The van der Waals surface area contributed by atoms with Gasteiger partial charge in [0.2, 0.25) is 11.8 Å². The minimum absolute atomic E-state index is 0.0672. The van der Waals surface area contributed by atoms with Crippen molar-refractivity contribution in [3.05, 3.63) is 72.4 Å². The summed E-state index contributed by atoms with van der Waals surface area (Å²) in [4.78, 5) is 29.0. The summed E-state index contributed by atoms with van der Waals surface area (Å²) in [5.41, 5.74) is 3.15. The summed E-state index contributed by atoms with van der Waals surface area (Å²) < 4.78 is 2.03. The van der Waals surface area contributed by atoms with Crippen molar-refractivity contribution in [1.29, 1.82) is 5.26 Å². The van der Waals surface area contributed by atoms with Crippen LogP contribution in [0.3, 0.4) is 0 Å². The molecule has 2 aromatic carbocycles. The number of carbonyl (C=O) groups excluding carboxylic acids is 2. The van der Waals surface area contributed by atoms with Crippen molar-refractivity contribution in [3.8, 4) is 6.07 Å². The van der Waals surface area contributed by atoms with E-state index in [-0.39, 0.29) is 11.8 Å². The maximum atomic E-state index is 12.6. The van der Waals surface area contributed by atoms with Crippen LogP contribution in [0, 0.1) is 11.3 Å². The number of benzene rings is 2. The Kier molecular flexibility index (Phi) is 7.61. The third-order valence-corrected chi connectivity index (χ3v) is 6.09. The normalized spacial score (nSPS) is 13.9. The molecular weight excluding hydrogens is 426 g/mol. The fourth-order valence-electron chi connectivity index (χ4n) is 4.29. The van der Waals surface area contributed by atoms with E-state index in [1.54, 1.807) is 6.08 Å². The number of fused-ring (bicyclic) bond motifs is 1. The highest BCUT2D eigenvalue weighted by Gasteiger charge is 2.20. The molecule has 7 nitrogen and oxygen atoms in total. The molecule has 1 N–H and O–H groups in total. The lowest BCUT2D eigenvalue weighted by molar-refractivity contribution is -0.131. The highest BCUT2D eigenvalue weighted by molar-refractivity contribution is 5.96. The zero-order valence-corrected chi connectivity index (χ0v) is 19.2. The minimum Gasteiger partial charge on any atom is -0.368 e. The molecule has 7 heteroatoms. The molecule has 0 spiro atoms. The number of amides is 2. The van der Waals surface area contributed by atoms with Gasteiger partial charge in [-0.3, -0.25) is 9.59 Å². The van der Waals surface area contributed by atoms with E-state index in [1.165, 1.54) is 11.8 Å². The summed E-state index contributed by atoms with van der Waals surface area (Å²) in [6, 6.07) is 20.3. The second kappa shape index (κ2) is 11.2. The Morgan fingerprint density at radius 2 is 1.74 bits per heavy atom. The highest BCUT2D eigenvalue weighted by Crippen LogP contribution is 2.23. The molecule has 1 aliphatic heterocycles. The lowest BCUT2D eigenvalue weighted by Gasteiger charge is -2.36. The molecular formula is C27H29N5O2. The van der Waals surface area contributed by atoms with Gasteiger partial charge < -0.3 is 19.7 Å². The second-order valence-corrected chi connectivity index (χ2v) is 8.28. The highest BCUT2D eigenvalue weighted by atomic mass is 16.2. The fourth-order valence-corrected chi connectivity index (χ4v) is 4.29. The Bertz CT molecular complexity index is 1200. The Morgan fingerprint density at radius 1 is 1.00 bits per heavy atom. The number of piperazine rings is 1. The third-order valence-electron chi connectivity index (χ3n) is 6.09. The molecule has 1 aliphatic rings. The van der Waals surface area contributed by atoms with E-state index in [0.29, 0.717) is 39.0 Å². The standard InChI is InChI=1S/C27H29N5O2/c28-14-6-16-32-21-22(24-9-4-5-10-25(24)32)11-12-26(33)29-15-13-27(34)31-19-17-30(18-20-31)23-7-2-1-3-8-23/h1-5,7-12,21H,6,13,15-20H2,(H,29,33)/b12-11+. The summed E-state index contributed by atoms with van der Waals surface area (Å²) >= 11 is 0. The van der Waals surface area contributed by atoms with Crippen molar-refractivity contribution in [1.82, 2.24) is 14.8 Å². The van der Waals surface area contributed by atoms with Gasteiger partial charge in [0.05, 0.1) is 12.5 Å². The van der Waals surface area contributed by atoms with Crippen LogP contribution in [0.5, 0.6) is 0 Å². The molecule has 174 valence electrons. The van der Waals surface area contributed by atoms with Crippen molar-refractivity contribution in [2.75, 3.05) is 37.6 Å². The van der Waals surface area contributed by atoms with Gasteiger partial charge >= 0.3 is 0 Å². The molecule has 1 saturated heterocycles. The van der Waals surface area contributed by atoms with Crippen LogP contribution >= 0.6 is 0 Å². The fraction of sp³-hybridized carbons (Fsp3) is 0.296. The first kappa shape index (κ1) is 23.1. The predicted octanol–water partition coefficient (Wildman–Crippen LogP) is 3.42. The summed E-state index contributed by atoms with van der Waals surface area (Å²) in [5.74, 6) is -0.159. The van der Waals surface area contributed by atoms with Gasteiger partial charge in [0, 0.05) is 80.1 Å². The number of carbonyl (C=O) groups is 2. The molecule has 0 atom stereocenters. The molecule has 1 fully saturated rings. The first-order valence-corrected chi connectivity index (χ1v) is 11.6. The van der Waals surface area contributed by atoms with Crippen LogP contribution in [0.15, 0.2) is 66.9 Å². The lowest BCUT2D eigenvalue weighted by atomic mass is 10.1. The predicted molar refractivity (Wildman–Crippen MR) is 134 cm³/mol. The van der Waals surface area contributed by atoms with Gasteiger partial charge in [0.15, 0.2) is 0 Å². The van der Waals surface area contributed by atoms with Gasteiger partial charge in [0.25, 0.3) is 0 Å². The number of para-hydroxylation sites is 2. The monoisotopic (exact) mass is 455 g/mol. The van der Waals surface area contributed by atoms with Crippen molar-refractivity contribution >= 4 is 34.5 Å². The molecule has 0 aliphatic carbocycles. The summed E-state index contributed by atoms with van der Waals surface area (Å²) in [6.45, 7) is 3.93. The number of hydrogen-bond donors (Lipinski definition) is 1. The van der Waals surface area contributed by atoms with Gasteiger partial charge in [-0.25, -0.2) is 0 Å². The van der Waals surface area contributed by atoms with E-state index in [2.05, 4.69) is 28.4 Å². The molecule has 4 rings (SSSR count). The zero-order valence-electron chi connectivity index (χ0n) is 19.2. The summed E-state index contributed by atoms with van der Waals surface area (Å²) in [7, 11) is 0.